The van der Waals surface area contributed by atoms with Gasteiger partial charge in [-0.3, -0.25) is 0 Å². The summed E-state index contributed by atoms with van der Waals surface area (Å²) in [7, 11) is 0. The highest BCUT2D eigenvalue weighted by molar-refractivity contribution is 7.16. The molecule has 174 valence electrons. The molecule has 8 nitrogen and oxygen atoms in total. The molecular formula is C24H31N7OS. The van der Waals surface area contributed by atoms with Gasteiger partial charge in [-0.25, -0.2) is 9.97 Å². The van der Waals surface area contributed by atoms with E-state index in [1.165, 1.54) is 11.3 Å². The highest BCUT2D eigenvalue weighted by Gasteiger charge is 2.43. The lowest BCUT2D eigenvalue weighted by molar-refractivity contribution is 0.300. The van der Waals surface area contributed by atoms with E-state index in [0.29, 0.717) is 40.0 Å². The summed E-state index contributed by atoms with van der Waals surface area (Å²) in [4.78, 5) is 17.5. The van der Waals surface area contributed by atoms with Gasteiger partial charge in [0.1, 0.15) is 16.8 Å². The first-order valence-electron chi connectivity index (χ1n) is 11.7. The molecular weight excluding hydrogens is 434 g/mol. The molecule has 4 rings (SSSR count). The summed E-state index contributed by atoms with van der Waals surface area (Å²) < 4.78 is 5.78. The molecule has 3 aromatic heterocycles. The van der Waals surface area contributed by atoms with E-state index >= 15 is 0 Å². The quantitative estimate of drug-likeness (QED) is 0.489. The van der Waals surface area contributed by atoms with Crippen LogP contribution in [-0.2, 0) is 11.8 Å². The van der Waals surface area contributed by atoms with Crippen molar-refractivity contribution in [2.75, 3.05) is 17.2 Å². The lowest BCUT2D eigenvalue weighted by atomic mass is 9.72. The Morgan fingerprint density at radius 2 is 2.18 bits per heavy atom. The number of hydrogen-bond donors (Lipinski definition) is 1. The molecule has 0 fully saturated rings. The number of nitriles is 1. The second-order valence-corrected chi connectivity index (χ2v) is 10.0. The zero-order valence-corrected chi connectivity index (χ0v) is 20.6. The second kappa shape index (κ2) is 9.48. The van der Waals surface area contributed by atoms with E-state index < -0.39 is 5.41 Å². The predicted octanol–water partition coefficient (Wildman–Crippen LogP) is 5.09. The summed E-state index contributed by atoms with van der Waals surface area (Å²) >= 11 is 1.50. The standard InChI is InChI=1S/C24H31N7OS/c1-5-7-13-31(15(3)6-2)23-27-12-10-17(28-23)21-29-22(32-30-21)24(4)11-8-9-18-19(24)16(14-25)20(26)33-18/h10,12,15H,5-9,11,13,26H2,1-4H3/t15-,24-/m0/s1. The highest BCUT2D eigenvalue weighted by atomic mass is 32.1. The van der Waals surface area contributed by atoms with Gasteiger partial charge in [0.05, 0.1) is 11.0 Å². The highest BCUT2D eigenvalue weighted by Crippen LogP contribution is 2.48. The second-order valence-electron chi connectivity index (χ2n) is 8.91. The summed E-state index contributed by atoms with van der Waals surface area (Å²) in [5, 5.41) is 14.6. The van der Waals surface area contributed by atoms with Gasteiger partial charge in [0.25, 0.3) is 0 Å². The Labute approximate surface area is 198 Å². The van der Waals surface area contributed by atoms with Gasteiger partial charge in [-0.05, 0) is 52.0 Å². The van der Waals surface area contributed by atoms with Gasteiger partial charge in [-0.15, -0.1) is 11.3 Å². The zero-order chi connectivity index (χ0) is 23.6. The van der Waals surface area contributed by atoms with Crippen molar-refractivity contribution in [3.05, 3.63) is 34.2 Å². The van der Waals surface area contributed by atoms with Crippen LogP contribution in [0.15, 0.2) is 16.8 Å². The Balaban J connectivity index is 1.70. The monoisotopic (exact) mass is 465 g/mol. The average Bonchev–Trinajstić information content (AvgIpc) is 3.45. The van der Waals surface area contributed by atoms with Crippen LogP contribution in [0.1, 0.15) is 81.7 Å². The Morgan fingerprint density at radius 1 is 1.36 bits per heavy atom. The van der Waals surface area contributed by atoms with Crippen LogP contribution < -0.4 is 10.6 Å². The molecule has 1 aliphatic carbocycles. The summed E-state index contributed by atoms with van der Waals surface area (Å²) in [6.45, 7) is 9.52. The Hall–Kier alpha value is -2.99. The van der Waals surface area contributed by atoms with Crippen molar-refractivity contribution in [1.29, 1.82) is 5.26 Å². The molecule has 0 unspecified atom stereocenters. The van der Waals surface area contributed by atoms with Gasteiger partial charge in [0, 0.05) is 29.2 Å². The van der Waals surface area contributed by atoms with E-state index in [2.05, 4.69) is 48.8 Å². The Kier molecular flexibility index (Phi) is 6.66. The topological polar surface area (TPSA) is 118 Å². The van der Waals surface area contributed by atoms with Crippen LogP contribution in [0, 0.1) is 11.3 Å². The van der Waals surface area contributed by atoms with Crippen molar-refractivity contribution in [2.45, 2.75) is 77.7 Å². The molecule has 3 aromatic rings. The van der Waals surface area contributed by atoms with Crippen LogP contribution in [0.5, 0.6) is 0 Å². The van der Waals surface area contributed by atoms with Gasteiger partial charge in [-0.1, -0.05) is 25.4 Å². The van der Waals surface area contributed by atoms with Crippen LogP contribution >= 0.6 is 11.3 Å². The van der Waals surface area contributed by atoms with Gasteiger partial charge in [0.2, 0.25) is 17.7 Å². The number of aromatic nitrogens is 4. The van der Waals surface area contributed by atoms with Crippen LogP contribution in [-0.4, -0.2) is 32.7 Å². The van der Waals surface area contributed by atoms with E-state index in [-0.39, 0.29) is 0 Å². The van der Waals surface area contributed by atoms with Crippen LogP contribution in [0.25, 0.3) is 11.5 Å². The molecule has 0 aromatic carbocycles. The minimum absolute atomic E-state index is 0.334. The molecule has 1 aliphatic rings. The first kappa shape index (κ1) is 23.2. The number of fused-ring (bicyclic) bond motifs is 1. The summed E-state index contributed by atoms with van der Waals surface area (Å²) in [6.07, 6.45) is 7.67. The minimum atomic E-state index is -0.544. The number of thiophene rings is 1. The van der Waals surface area contributed by atoms with Crippen LogP contribution in [0.4, 0.5) is 10.9 Å². The molecule has 0 saturated carbocycles. The summed E-state index contributed by atoms with van der Waals surface area (Å²) in [6, 6.07) is 4.43. The molecule has 9 heteroatoms. The van der Waals surface area contributed by atoms with E-state index in [0.717, 1.165) is 55.5 Å². The van der Waals surface area contributed by atoms with Crippen molar-refractivity contribution >= 4 is 22.3 Å². The minimum Gasteiger partial charge on any atom is -0.389 e. The number of nitrogens with zero attached hydrogens (tertiary/aromatic N) is 6. The molecule has 0 spiro atoms. The van der Waals surface area contributed by atoms with Crippen LogP contribution in [0.3, 0.4) is 0 Å². The molecule has 0 bridgehead atoms. The maximum Gasteiger partial charge on any atom is 0.237 e. The van der Waals surface area contributed by atoms with E-state index in [1.54, 1.807) is 6.20 Å². The van der Waals surface area contributed by atoms with Crippen molar-refractivity contribution in [3.8, 4) is 17.6 Å². The van der Waals surface area contributed by atoms with E-state index in [9.17, 15) is 5.26 Å². The molecule has 0 saturated heterocycles. The van der Waals surface area contributed by atoms with E-state index in [4.69, 9.17) is 20.2 Å². The molecule has 0 aliphatic heterocycles. The van der Waals surface area contributed by atoms with E-state index in [1.807, 2.05) is 6.07 Å². The maximum atomic E-state index is 9.72. The van der Waals surface area contributed by atoms with Crippen molar-refractivity contribution in [3.63, 3.8) is 0 Å². The molecule has 2 N–H and O–H groups in total. The largest absolute Gasteiger partial charge is 0.389 e. The van der Waals surface area contributed by atoms with Crippen LogP contribution in [0.2, 0.25) is 0 Å². The van der Waals surface area contributed by atoms with Gasteiger partial charge < -0.3 is 15.2 Å². The SMILES string of the molecule is CCCCN(c1nccc(-c2noc([C@@]3(C)CCCc4sc(N)c(C#N)c43)n2)n1)[C@@H](C)CC. The average molecular weight is 466 g/mol. The normalized spacial score (nSPS) is 18.5. The molecule has 3 heterocycles. The van der Waals surface area contributed by atoms with Crippen molar-refractivity contribution < 1.29 is 4.52 Å². The number of hydrogen-bond acceptors (Lipinski definition) is 9. The third-order valence-electron chi connectivity index (χ3n) is 6.65. The molecule has 0 radical (unpaired) electrons. The number of anilines is 2. The zero-order valence-electron chi connectivity index (χ0n) is 19.8. The number of aryl methyl sites for hydroxylation is 1. The number of rotatable bonds is 8. The Morgan fingerprint density at radius 3 is 2.91 bits per heavy atom. The van der Waals surface area contributed by atoms with Gasteiger partial charge >= 0.3 is 0 Å². The summed E-state index contributed by atoms with van der Waals surface area (Å²) in [5.41, 5.74) is 7.72. The maximum absolute atomic E-state index is 9.72. The smallest absolute Gasteiger partial charge is 0.237 e. The Bertz CT molecular complexity index is 1160. The lowest BCUT2D eigenvalue weighted by Crippen LogP contribution is -2.35. The van der Waals surface area contributed by atoms with Gasteiger partial charge in [-0.2, -0.15) is 10.2 Å². The number of nitrogen functional groups attached to an aromatic ring is 1. The number of unbranched alkanes of at least 4 members (excludes halogenated alkanes) is 1. The molecule has 33 heavy (non-hydrogen) atoms. The molecule has 2 atom stereocenters. The van der Waals surface area contributed by atoms with Crippen molar-refractivity contribution in [1.82, 2.24) is 20.1 Å². The van der Waals surface area contributed by atoms with Gasteiger partial charge in [0.15, 0.2) is 0 Å². The first-order valence-corrected chi connectivity index (χ1v) is 12.5. The third kappa shape index (κ3) is 4.20. The van der Waals surface area contributed by atoms with Crippen molar-refractivity contribution in [2.24, 2.45) is 0 Å². The predicted molar refractivity (Wildman–Crippen MR) is 130 cm³/mol. The first-order chi connectivity index (χ1) is 15.9. The fourth-order valence-corrected chi connectivity index (χ4v) is 5.73. The fraction of sp³-hybridized carbons (Fsp3) is 0.542. The number of nitrogens with two attached hydrogens (primary N) is 1. The molecule has 0 amide bonds. The third-order valence-corrected chi connectivity index (χ3v) is 7.73. The lowest BCUT2D eigenvalue weighted by Gasteiger charge is -2.30. The fourth-order valence-electron chi connectivity index (χ4n) is 4.54. The summed E-state index contributed by atoms with van der Waals surface area (Å²) in [5.74, 6) is 1.62.